The van der Waals surface area contributed by atoms with Crippen molar-refractivity contribution in [1.29, 1.82) is 0 Å². The van der Waals surface area contributed by atoms with Gasteiger partial charge in [-0.3, -0.25) is 9.59 Å². The molecule has 0 bridgehead atoms. The molecule has 0 atom stereocenters. The number of nitrogens with one attached hydrogen (secondary N) is 2. The van der Waals surface area contributed by atoms with Crippen molar-refractivity contribution in [1.82, 2.24) is 10.6 Å². The second-order valence-electron chi connectivity index (χ2n) is 7.77. The van der Waals surface area contributed by atoms with Crippen LogP contribution in [0.1, 0.15) is 56.6 Å². The number of ether oxygens (including phenoxy) is 1. The van der Waals surface area contributed by atoms with E-state index >= 15 is 0 Å². The number of benzene rings is 1. The molecule has 0 heterocycles. The van der Waals surface area contributed by atoms with E-state index in [1.54, 1.807) is 13.1 Å². The third kappa shape index (κ3) is 17.3. The van der Waals surface area contributed by atoms with Gasteiger partial charge in [0.15, 0.2) is 5.78 Å². The maximum absolute atomic E-state index is 11.9. The summed E-state index contributed by atoms with van der Waals surface area (Å²) in [6.45, 7) is 2.91. The van der Waals surface area contributed by atoms with E-state index < -0.39 is 0 Å². The van der Waals surface area contributed by atoms with Crippen molar-refractivity contribution < 1.29 is 82.1 Å². The molecule has 0 aliphatic heterocycles. The Hall–Kier alpha value is -1.19. The number of hydrogen-bond donors (Lipinski definition) is 2. The number of unbranched alkanes of at least 4 members (excludes halogenated alkanes) is 3. The van der Waals surface area contributed by atoms with Gasteiger partial charge in [0.1, 0.15) is 6.29 Å². The summed E-state index contributed by atoms with van der Waals surface area (Å²) < 4.78 is 5.30. The molecule has 34 heavy (non-hydrogen) atoms. The van der Waals surface area contributed by atoms with Crippen LogP contribution >= 0.6 is 0 Å². The fraction of sp³-hybridized carbons (Fsp3) is 0.520. The molecule has 0 unspecified atom stereocenters. The van der Waals surface area contributed by atoms with Gasteiger partial charge in [-0.05, 0) is 31.7 Å². The molecule has 1 rings (SSSR count). The third-order valence-electron chi connectivity index (χ3n) is 4.85. The normalized spacial score (nSPS) is 10.7. The minimum atomic E-state index is -0.346. The van der Waals surface area contributed by atoms with Gasteiger partial charge in [-0.25, -0.2) is 0 Å². The first-order valence-corrected chi connectivity index (χ1v) is 11.4. The van der Waals surface area contributed by atoms with Gasteiger partial charge in [-0.15, -0.1) is 6.54 Å². The Morgan fingerprint density at radius 1 is 1.03 bits per heavy atom. The molecule has 0 aromatic heterocycles. The van der Waals surface area contributed by atoms with Gasteiger partial charge in [0, 0.05) is 51.2 Å². The standard InChI is InChI=1S/C25H37N3O5.Rb/c1-20(26-2)16-23(30)17-21-9-11-22(12-10-21)18-28-25(32)19-33-15-7-8-24(31)27-13-5-3-4-6-14-29;/h9-12,14,16H,3-8,13,15,17-19H2,1-2H3,(H3,26,27,28,30,31,32);/q;+1/p-1. The Morgan fingerprint density at radius 3 is 2.41 bits per heavy atom. The molecule has 0 aliphatic carbocycles. The fourth-order valence-corrected chi connectivity index (χ4v) is 2.89. The summed E-state index contributed by atoms with van der Waals surface area (Å²) in [6.07, 6.45) is 6.90. The number of ketones is 1. The molecule has 0 fully saturated rings. The summed E-state index contributed by atoms with van der Waals surface area (Å²) >= 11 is 0. The molecular formula is C25H36N3O5Rb. The van der Waals surface area contributed by atoms with Crippen LogP contribution in [0, 0.1) is 0 Å². The molecule has 9 heteroatoms. The van der Waals surface area contributed by atoms with Crippen LogP contribution in [0.2, 0.25) is 0 Å². The van der Waals surface area contributed by atoms with Crippen molar-refractivity contribution in [2.45, 2.75) is 58.4 Å². The fourth-order valence-electron chi connectivity index (χ4n) is 2.89. The van der Waals surface area contributed by atoms with Crippen LogP contribution in [0.4, 0.5) is 0 Å². The van der Waals surface area contributed by atoms with E-state index in [0.717, 1.165) is 42.4 Å². The average molecular weight is 544 g/mol. The summed E-state index contributed by atoms with van der Waals surface area (Å²) in [4.78, 5) is 45.7. The maximum Gasteiger partial charge on any atom is 1.00 e. The van der Waals surface area contributed by atoms with Crippen molar-refractivity contribution >= 4 is 23.9 Å². The molecule has 2 N–H and O–H groups in total. The van der Waals surface area contributed by atoms with E-state index in [2.05, 4.69) is 16.0 Å². The largest absolute Gasteiger partial charge is 1.00 e. The van der Waals surface area contributed by atoms with Crippen molar-refractivity contribution in [3.63, 3.8) is 0 Å². The first kappa shape index (κ1) is 32.8. The second-order valence-corrected chi connectivity index (χ2v) is 7.77. The minimum Gasteiger partial charge on any atom is -0.648 e. The number of carbonyl (C=O) groups is 4. The minimum absolute atomic E-state index is 0. The first-order chi connectivity index (χ1) is 15.9. The second kappa shape index (κ2) is 21.1. The van der Waals surface area contributed by atoms with Crippen LogP contribution in [-0.2, 0) is 36.9 Å². The zero-order valence-corrected chi connectivity index (χ0v) is 25.6. The van der Waals surface area contributed by atoms with Crippen LogP contribution in [0.3, 0.4) is 0 Å². The van der Waals surface area contributed by atoms with Gasteiger partial charge in [-0.1, -0.05) is 36.2 Å². The van der Waals surface area contributed by atoms with Crippen molar-refractivity contribution in [2.24, 2.45) is 0 Å². The van der Waals surface area contributed by atoms with Gasteiger partial charge in [0.25, 0.3) is 0 Å². The Balaban J connectivity index is 0.0000109. The molecule has 0 spiro atoms. The number of aldehydes is 1. The smallest absolute Gasteiger partial charge is 0.648 e. The predicted octanol–water partition coefficient (Wildman–Crippen LogP) is -0.00200. The SMILES string of the molecule is CN/C(C)=C\C(=O)Cc1ccc(C[N-]C(=O)COCCCC(=O)NCCCCCC=O)cc1.[Rb+]. The van der Waals surface area contributed by atoms with Crippen LogP contribution in [0.15, 0.2) is 36.0 Å². The molecular weight excluding hydrogens is 508 g/mol. The van der Waals surface area contributed by atoms with Gasteiger partial charge in [0.2, 0.25) is 5.91 Å². The number of rotatable bonds is 18. The molecule has 182 valence electrons. The Labute approximate surface area is 251 Å². The number of hydrogen-bond acceptors (Lipinski definition) is 6. The molecule has 0 saturated carbocycles. The van der Waals surface area contributed by atoms with E-state index in [1.165, 1.54) is 0 Å². The Morgan fingerprint density at radius 2 is 1.74 bits per heavy atom. The van der Waals surface area contributed by atoms with Crippen LogP contribution in [0.5, 0.6) is 0 Å². The first-order valence-electron chi connectivity index (χ1n) is 11.4. The predicted molar refractivity (Wildman–Crippen MR) is 128 cm³/mol. The van der Waals surface area contributed by atoms with Gasteiger partial charge in [-0.2, -0.15) is 0 Å². The van der Waals surface area contributed by atoms with Crippen molar-refractivity contribution in [3.8, 4) is 0 Å². The van der Waals surface area contributed by atoms with Crippen LogP contribution in [-0.4, -0.2) is 50.7 Å². The Kier molecular flexibility index (Phi) is 20.4. The van der Waals surface area contributed by atoms with Gasteiger partial charge >= 0.3 is 58.2 Å². The summed E-state index contributed by atoms with van der Waals surface area (Å²) in [5.41, 5.74) is 2.60. The number of carbonyl (C=O) groups excluding carboxylic acids is 4. The number of nitrogens with zero attached hydrogens (tertiary/aromatic N) is 1. The van der Waals surface area contributed by atoms with E-state index in [1.807, 2.05) is 31.2 Å². The molecule has 8 nitrogen and oxygen atoms in total. The monoisotopic (exact) mass is 543 g/mol. The topological polar surface area (TPSA) is 116 Å². The maximum atomic E-state index is 11.9. The molecule has 0 radical (unpaired) electrons. The average Bonchev–Trinajstić information content (AvgIpc) is 2.80. The summed E-state index contributed by atoms with van der Waals surface area (Å²) in [5.74, 6) is -0.361. The van der Waals surface area contributed by atoms with E-state index in [-0.39, 0.29) is 88.9 Å². The van der Waals surface area contributed by atoms with Gasteiger partial charge in [0.05, 0.1) is 12.5 Å². The Bertz CT molecular complexity index is 781. The van der Waals surface area contributed by atoms with Crippen LogP contribution in [0.25, 0.3) is 5.32 Å². The summed E-state index contributed by atoms with van der Waals surface area (Å²) in [5, 5.41) is 9.74. The molecule has 1 aromatic rings. The number of allylic oxidation sites excluding steroid dienone is 2. The van der Waals surface area contributed by atoms with E-state index in [0.29, 0.717) is 38.8 Å². The zero-order valence-electron chi connectivity index (χ0n) is 20.7. The zero-order chi connectivity index (χ0) is 24.3. The van der Waals surface area contributed by atoms with Gasteiger partial charge < -0.3 is 30.3 Å². The number of amides is 2. The summed E-state index contributed by atoms with van der Waals surface area (Å²) in [7, 11) is 1.77. The van der Waals surface area contributed by atoms with Crippen molar-refractivity contribution in [3.05, 3.63) is 52.5 Å². The van der Waals surface area contributed by atoms with Crippen LogP contribution < -0.4 is 68.8 Å². The molecule has 1 aromatic carbocycles. The van der Waals surface area contributed by atoms with Crippen molar-refractivity contribution in [2.75, 3.05) is 26.8 Å². The third-order valence-corrected chi connectivity index (χ3v) is 4.85. The molecule has 0 aliphatic rings. The van der Waals surface area contributed by atoms with E-state index in [4.69, 9.17) is 4.74 Å². The quantitative estimate of drug-likeness (QED) is 0.153. The van der Waals surface area contributed by atoms with E-state index in [9.17, 15) is 19.2 Å². The molecule has 2 amide bonds. The molecule has 0 saturated heterocycles. The summed E-state index contributed by atoms with van der Waals surface area (Å²) in [6, 6.07) is 7.44.